The van der Waals surface area contributed by atoms with Gasteiger partial charge in [-0.3, -0.25) is 9.59 Å². The van der Waals surface area contributed by atoms with Crippen molar-refractivity contribution in [1.29, 1.82) is 0 Å². The van der Waals surface area contributed by atoms with Gasteiger partial charge in [0, 0.05) is 17.6 Å². The lowest BCUT2D eigenvalue weighted by molar-refractivity contribution is -0.126. The van der Waals surface area contributed by atoms with Gasteiger partial charge in [-0.15, -0.1) is 0 Å². The van der Waals surface area contributed by atoms with Gasteiger partial charge in [-0.2, -0.15) is 0 Å². The van der Waals surface area contributed by atoms with Crippen molar-refractivity contribution in [2.24, 2.45) is 5.41 Å². The van der Waals surface area contributed by atoms with E-state index in [4.69, 9.17) is 0 Å². The van der Waals surface area contributed by atoms with E-state index in [0.29, 0.717) is 11.6 Å². The van der Waals surface area contributed by atoms with Crippen molar-refractivity contribution in [3.63, 3.8) is 0 Å². The summed E-state index contributed by atoms with van der Waals surface area (Å²) in [4.78, 5) is 29.9. The summed E-state index contributed by atoms with van der Waals surface area (Å²) in [6, 6.07) is 28.3. The van der Waals surface area contributed by atoms with Gasteiger partial charge in [0.1, 0.15) is 6.04 Å². The predicted molar refractivity (Wildman–Crippen MR) is 164 cm³/mol. The van der Waals surface area contributed by atoms with Gasteiger partial charge in [0.25, 0.3) is 5.91 Å². The third kappa shape index (κ3) is 7.15. The largest absolute Gasteiger partial charge is 0.350 e. The minimum absolute atomic E-state index is 0.0827. The lowest BCUT2D eigenvalue weighted by Crippen LogP contribution is -2.59. The highest BCUT2D eigenvalue weighted by molar-refractivity contribution is 7.80. The molecule has 3 atom stereocenters. The number of benzene rings is 3. The highest BCUT2D eigenvalue weighted by Crippen LogP contribution is 2.34. The Morgan fingerprint density at radius 3 is 1.92 bits per heavy atom. The Balaban J connectivity index is 1.64. The number of carbonyl (C=O) groups excluding carboxylic acids is 2. The van der Waals surface area contributed by atoms with E-state index in [1.807, 2.05) is 75.4 Å². The zero-order valence-electron chi connectivity index (χ0n) is 23.9. The lowest BCUT2D eigenvalue weighted by atomic mass is 9.84. The molecule has 3 aromatic rings. The Morgan fingerprint density at radius 2 is 1.36 bits per heavy atom. The van der Waals surface area contributed by atoms with Crippen molar-refractivity contribution < 1.29 is 9.59 Å². The van der Waals surface area contributed by atoms with Gasteiger partial charge in [0.15, 0.2) is 0 Å². The molecule has 0 unspecified atom stereocenters. The molecule has 0 aromatic heterocycles. The SMILES string of the molecule is CN(C)[C@@H]1CCCC[C@H]1NC(=O)[C@@H](NC(=O)c1ccccc1P(c1ccccc1)c1ccccc1)C(C)(C)C. The maximum Gasteiger partial charge on any atom is 0.252 e. The summed E-state index contributed by atoms with van der Waals surface area (Å²) in [5.74, 6) is -0.326. The van der Waals surface area contributed by atoms with Crippen LogP contribution in [-0.2, 0) is 4.79 Å². The van der Waals surface area contributed by atoms with Crippen LogP contribution in [0.5, 0.6) is 0 Å². The topological polar surface area (TPSA) is 61.4 Å². The zero-order chi connectivity index (χ0) is 28.0. The molecular formula is C33H42N3O2P. The second-order valence-corrected chi connectivity index (χ2v) is 13.9. The molecule has 2 amide bonds. The van der Waals surface area contributed by atoms with Gasteiger partial charge in [-0.1, -0.05) is 112 Å². The van der Waals surface area contributed by atoms with Crippen LogP contribution in [0.25, 0.3) is 0 Å². The lowest BCUT2D eigenvalue weighted by Gasteiger charge is -2.39. The molecule has 0 spiro atoms. The van der Waals surface area contributed by atoms with E-state index in [0.717, 1.165) is 24.6 Å². The van der Waals surface area contributed by atoms with Crippen LogP contribution in [0.15, 0.2) is 84.9 Å². The second kappa shape index (κ2) is 12.9. The van der Waals surface area contributed by atoms with Crippen LogP contribution >= 0.6 is 7.92 Å². The van der Waals surface area contributed by atoms with E-state index in [-0.39, 0.29) is 17.9 Å². The molecule has 206 valence electrons. The molecule has 5 nitrogen and oxygen atoms in total. The molecule has 1 aliphatic carbocycles. The number of hydrogen-bond acceptors (Lipinski definition) is 3. The number of rotatable bonds is 8. The number of carbonyl (C=O) groups is 2. The Bertz CT molecular complexity index is 1200. The van der Waals surface area contributed by atoms with Crippen molar-refractivity contribution in [3.8, 4) is 0 Å². The minimum atomic E-state index is -0.962. The smallest absolute Gasteiger partial charge is 0.252 e. The molecule has 39 heavy (non-hydrogen) atoms. The highest BCUT2D eigenvalue weighted by Gasteiger charge is 2.37. The minimum Gasteiger partial charge on any atom is -0.350 e. The number of nitrogens with one attached hydrogen (secondary N) is 2. The van der Waals surface area contributed by atoms with Gasteiger partial charge in [-0.25, -0.2) is 0 Å². The third-order valence-electron chi connectivity index (χ3n) is 7.54. The Kier molecular flexibility index (Phi) is 9.58. The van der Waals surface area contributed by atoms with E-state index in [1.165, 1.54) is 17.0 Å². The second-order valence-electron chi connectivity index (χ2n) is 11.7. The molecule has 6 heteroatoms. The fourth-order valence-electron chi connectivity index (χ4n) is 5.49. The first-order chi connectivity index (χ1) is 18.7. The molecule has 0 radical (unpaired) electrons. The molecule has 0 aliphatic heterocycles. The quantitative estimate of drug-likeness (QED) is 0.409. The summed E-state index contributed by atoms with van der Waals surface area (Å²) in [5, 5.41) is 9.80. The molecule has 1 aliphatic rings. The monoisotopic (exact) mass is 543 g/mol. The van der Waals surface area contributed by atoms with Gasteiger partial charge in [-0.05, 0) is 62.3 Å². The summed E-state index contributed by atoms with van der Waals surface area (Å²) in [6.07, 6.45) is 4.32. The van der Waals surface area contributed by atoms with Gasteiger partial charge < -0.3 is 15.5 Å². The molecule has 1 saturated carbocycles. The average molecular weight is 544 g/mol. The van der Waals surface area contributed by atoms with Gasteiger partial charge in [0.2, 0.25) is 5.91 Å². The van der Waals surface area contributed by atoms with Crippen molar-refractivity contribution >= 4 is 35.6 Å². The first-order valence-electron chi connectivity index (χ1n) is 13.9. The van der Waals surface area contributed by atoms with Crippen LogP contribution in [0.1, 0.15) is 56.8 Å². The number of amides is 2. The van der Waals surface area contributed by atoms with E-state index in [2.05, 4.69) is 60.0 Å². The van der Waals surface area contributed by atoms with Gasteiger partial charge in [0.05, 0.1) is 0 Å². The fraction of sp³-hybridized carbons (Fsp3) is 0.394. The standard InChI is InChI=1S/C33H42N3O2P/c1-33(2,3)30(32(38)34-27-21-13-14-22-28(27)36(4)5)35-31(37)26-20-12-15-23-29(26)39(24-16-8-6-9-17-24)25-18-10-7-11-19-25/h6-12,15-20,23,27-28,30H,13-14,21-22H2,1-5H3,(H,34,38)(H,35,37)/t27-,28-,30-/m1/s1. The number of hydrogen-bond donors (Lipinski definition) is 2. The van der Waals surface area contributed by atoms with E-state index < -0.39 is 19.4 Å². The molecule has 0 saturated heterocycles. The average Bonchev–Trinajstić information content (AvgIpc) is 2.93. The van der Waals surface area contributed by atoms with E-state index in [1.54, 1.807) is 0 Å². The summed E-state index contributed by atoms with van der Waals surface area (Å²) >= 11 is 0. The van der Waals surface area contributed by atoms with E-state index in [9.17, 15) is 9.59 Å². The van der Waals surface area contributed by atoms with Gasteiger partial charge >= 0.3 is 0 Å². The molecule has 1 fully saturated rings. The van der Waals surface area contributed by atoms with E-state index >= 15 is 0 Å². The Hall–Kier alpha value is -3.01. The first kappa shape index (κ1) is 29.0. The molecule has 0 heterocycles. The summed E-state index contributed by atoms with van der Waals surface area (Å²) < 4.78 is 0. The molecule has 3 aromatic carbocycles. The molecular weight excluding hydrogens is 501 g/mol. The number of likely N-dealkylation sites (N-methyl/N-ethyl adjacent to an activating group) is 1. The third-order valence-corrected chi connectivity index (χ3v) is 10.0. The zero-order valence-corrected chi connectivity index (χ0v) is 24.7. The predicted octanol–water partition coefficient (Wildman–Crippen LogP) is 4.58. The van der Waals surface area contributed by atoms with Crippen LogP contribution in [0, 0.1) is 5.41 Å². The Labute approximate surface area is 235 Å². The number of nitrogens with zero attached hydrogens (tertiary/aromatic N) is 1. The summed E-state index contributed by atoms with van der Waals surface area (Å²) in [6.45, 7) is 6.03. The molecule has 0 bridgehead atoms. The highest BCUT2D eigenvalue weighted by atomic mass is 31.1. The van der Waals surface area contributed by atoms with Crippen LogP contribution in [0.4, 0.5) is 0 Å². The van der Waals surface area contributed by atoms with Crippen LogP contribution in [0.2, 0.25) is 0 Å². The van der Waals surface area contributed by atoms with Crippen LogP contribution < -0.4 is 26.5 Å². The summed E-state index contributed by atoms with van der Waals surface area (Å²) in [7, 11) is 3.19. The van der Waals surface area contributed by atoms with Crippen molar-refractivity contribution in [1.82, 2.24) is 15.5 Å². The summed E-state index contributed by atoms with van der Waals surface area (Å²) in [5.41, 5.74) is 0.155. The Morgan fingerprint density at radius 1 is 0.821 bits per heavy atom. The van der Waals surface area contributed by atoms with Crippen molar-refractivity contribution in [2.75, 3.05) is 14.1 Å². The molecule has 4 rings (SSSR count). The first-order valence-corrected chi connectivity index (χ1v) is 15.3. The fourth-order valence-corrected chi connectivity index (χ4v) is 7.94. The molecule has 2 N–H and O–H groups in total. The normalized spacial score (nSPS) is 18.5. The van der Waals surface area contributed by atoms with Crippen molar-refractivity contribution in [2.45, 2.75) is 64.6 Å². The van der Waals surface area contributed by atoms with Crippen molar-refractivity contribution in [3.05, 3.63) is 90.5 Å². The maximum atomic E-state index is 14.0. The maximum absolute atomic E-state index is 14.0. The van der Waals surface area contributed by atoms with Crippen LogP contribution in [0.3, 0.4) is 0 Å². The van der Waals surface area contributed by atoms with Crippen LogP contribution in [-0.4, -0.2) is 48.9 Å².